The molecule has 2 aromatic carbocycles. The third kappa shape index (κ3) is 7.22. The van der Waals surface area contributed by atoms with Gasteiger partial charge in [-0.2, -0.15) is 0 Å². The van der Waals surface area contributed by atoms with Crippen LogP contribution in [0.4, 0.5) is 0 Å². The number of methoxy groups -OCH3 is 2. The predicted octanol–water partition coefficient (Wildman–Crippen LogP) is 6.72. The molecule has 6 heteroatoms. The Labute approximate surface area is 200 Å². The molecule has 0 spiro atoms. The number of rotatable bonds is 11. The lowest BCUT2D eigenvalue weighted by molar-refractivity contribution is 0.0692. The highest BCUT2D eigenvalue weighted by Crippen LogP contribution is 2.35. The standard InChI is InChI=1S/C27H31ClO5/c1-17(2)7-6-8-18(3)9-14-21-22(15-23(29)19-10-12-20(28)13-11-19)26(27(30)31)25(33-5)16-24(21)32-4/h7,9-13,16H,6,8,14-15H2,1-5H3,(H,30,31)/b18-9+. The first-order valence-electron chi connectivity index (χ1n) is 10.8. The summed E-state index contributed by atoms with van der Waals surface area (Å²) in [5, 5.41) is 10.5. The van der Waals surface area contributed by atoms with E-state index in [0.717, 1.165) is 12.8 Å². The van der Waals surface area contributed by atoms with Gasteiger partial charge in [0.2, 0.25) is 0 Å². The van der Waals surface area contributed by atoms with Crippen molar-refractivity contribution in [3.63, 3.8) is 0 Å². The van der Waals surface area contributed by atoms with Crippen LogP contribution in [-0.2, 0) is 12.8 Å². The second-order valence-corrected chi connectivity index (χ2v) is 8.54. The summed E-state index contributed by atoms with van der Waals surface area (Å²) in [5.41, 5.74) is 3.95. The Kier molecular flexibility index (Phi) is 9.74. The van der Waals surface area contributed by atoms with Crippen LogP contribution in [0.1, 0.15) is 65.5 Å². The Morgan fingerprint density at radius 1 is 0.970 bits per heavy atom. The molecule has 2 aromatic rings. The van der Waals surface area contributed by atoms with Gasteiger partial charge < -0.3 is 14.6 Å². The van der Waals surface area contributed by atoms with E-state index < -0.39 is 5.97 Å². The lowest BCUT2D eigenvalue weighted by atomic mass is 9.90. The number of hydrogen-bond acceptors (Lipinski definition) is 4. The van der Waals surface area contributed by atoms with Crippen LogP contribution in [-0.4, -0.2) is 31.1 Å². The molecular weight excluding hydrogens is 440 g/mol. The molecule has 0 aliphatic rings. The highest BCUT2D eigenvalue weighted by molar-refractivity contribution is 6.30. The number of halogens is 1. The van der Waals surface area contributed by atoms with E-state index in [1.165, 1.54) is 25.4 Å². The van der Waals surface area contributed by atoms with Gasteiger partial charge in [-0.1, -0.05) is 34.9 Å². The number of ketones is 1. The zero-order valence-corrected chi connectivity index (χ0v) is 20.6. The lowest BCUT2D eigenvalue weighted by Gasteiger charge is -2.18. The largest absolute Gasteiger partial charge is 0.496 e. The highest BCUT2D eigenvalue weighted by atomic mass is 35.5. The van der Waals surface area contributed by atoms with E-state index in [0.29, 0.717) is 33.9 Å². The summed E-state index contributed by atoms with van der Waals surface area (Å²) in [6, 6.07) is 8.11. The summed E-state index contributed by atoms with van der Waals surface area (Å²) in [4.78, 5) is 25.2. The topological polar surface area (TPSA) is 72.8 Å². The van der Waals surface area contributed by atoms with E-state index in [9.17, 15) is 14.7 Å². The molecule has 0 radical (unpaired) electrons. The number of carbonyl (C=O) groups excluding carboxylic acids is 1. The number of Topliss-reactive ketones (excluding diaryl/α,β-unsaturated/α-hetero) is 1. The Bertz CT molecular complexity index is 1060. The fourth-order valence-corrected chi connectivity index (χ4v) is 3.71. The maximum Gasteiger partial charge on any atom is 0.339 e. The minimum absolute atomic E-state index is 0.0220. The molecule has 33 heavy (non-hydrogen) atoms. The Hall–Kier alpha value is -3.05. The summed E-state index contributed by atoms with van der Waals surface area (Å²) >= 11 is 5.94. The third-order valence-corrected chi connectivity index (χ3v) is 5.63. The number of allylic oxidation sites excluding steroid dienone is 4. The second kappa shape index (κ2) is 12.3. The molecule has 5 nitrogen and oxygen atoms in total. The van der Waals surface area contributed by atoms with Crippen molar-refractivity contribution in [2.75, 3.05) is 14.2 Å². The van der Waals surface area contributed by atoms with E-state index in [2.05, 4.69) is 26.0 Å². The van der Waals surface area contributed by atoms with Crippen molar-refractivity contribution in [1.29, 1.82) is 0 Å². The van der Waals surface area contributed by atoms with Crippen molar-refractivity contribution in [1.82, 2.24) is 0 Å². The molecule has 0 fully saturated rings. The third-order valence-electron chi connectivity index (χ3n) is 5.38. The molecular formula is C27H31ClO5. The number of carbonyl (C=O) groups is 2. The van der Waals surface area contributed by atoms with Gasteiger partial charge in [-0.15, -0.1) is 0 Å². The number of carboxylic acids is 1. The van der Waals surface area contributed by atoms with Crippen LogP contribution >= 0.6 is 11.6 Å². The quantitative estimate of drug-likeness (QED) is 0.291. The average Bonchev–Trinajstić information content (AvgIpc) is 2.77. The van der Waals surface area contributed by atoms with E-state index >= 15 is 0 Å². The van der Waals surface area contributed by atoms with Crippen LogP contribution in [0.3, 0.4) is 0 Å². The molecule has 0 saturated carbocycles. The average molecular weight is 471 g/mol. The van der Waals surface area contributed by atoms with Gasteiger partial charge in [-0.25, -0.2) is 4.79 Å². The Morgan fingerprint density at radius 3 is 2.15 bits per heavy atom. The van der Waals surface area contributed by atoms with Crippen LogP contribution in [0.15, 0.2) is 53.6 Å². The molecule has 0 bridgehead atoms. The monoisotopic (exact) mass is 470 g/mol. The Balaban J connectivity index is 2.53. The van der Waals surface area contributed by atoms with Crippen molar-refractivity contribution in [3.05, 3.63) is 80.9 Å². The summed E-state index contributed by atoms with van der Waals surface area (Å²) in [7, 11) is 2.92. The van der Waals surface area contributed by atoms with Crippen LogP contribution < -0.4 is 9.47 Å². The first kappa shape index (κ1) is 26.2. The number of benzene rings is 2. The Morgan fingerprint density at radius 2 is 1.61 bits per heavy atom. The number of hydrogen-bond donors (Lipinski definition) is 1. The van der Waals surface area contributed by atoms with Gasteiger partial charge >= 0.3 is 5.97 Å². The van der Waals surface area contributed by atoms with E-state index in [-0.39, 0.29) is 23.5 Å². The van der Waals surface area contributed by atoms with Gasteiger partial charge in [0.05, 0.1) is 14.2 Å². The molecule has 1 N–H and O–H groups in total. The minimum Gasteiger partial charge on any atom is -0.496 e. The molecule has 176 valence electrons. The first-order chi connectivity index (χ1) is 15.7. The van der Waals surface area contributed by atoms with Crippen molar-refractivity contribution in [3.8, 4) is 11.5 Å². The zero-order chi connectivity index (χ0) is 24.5. The van der Waals surface area contributed by atoms with E-state index in [4.69, 9.17) is 21.1 Å². The molecule has 0 heterocycles. The molecule has 0 aromatic heterocycles. The van der Waals surface area contributed by atoms with Crippen LogP contribution in [0.25, 0.3) is 0 Å². The van der Waals surface area contributed by atoms with Gasteiger partial charge in [0.15, 0.2) is 5.78 Å². The smallest absolute Gasteiger partial charge is 0.339 e. The molecule has 0 amide bonds. The van der Waals surface area contributed by atoms with Crippen molar-refractivity contribution < 1.29 is 24.2 Å². The van der Waals surface area contributed by atoms with Gasteiger partial charge in [0.25, 0.3) is 0 Å². The SMILES string of the molecule is COc1cc(OC)c(C(=O)O)c(CC(=O)c2ccc(Cl)cc2)c1C/C=C(\C)CCC=C(C)C. The lowest BCUT2D eigenvalue weighted by Crippen LogP contribution is -2.14. The summed E-state index contributed by atoms with van der Waals surface area (Å²) in [5.74, 6) is -0.718. The number of carboxylic acid groups (broad SMARTS) is 1. The fraction of sp³-hybridized carbons (Fsp3) is 0.333. The van der Waals surface area contributed by atoms with Crippen LogP contribution in [0, 0.1) is 0 Å². The van der Waals surface area contributed by atoms with Crippen LogP contribution in [0.2, 0.25) is 5.02 Å². The maximum absolute atomic E-state index is 13.1. The van der Waals surface area contributed by atoms with Gasteiger partial charge in [-0.05, 0) is 69.9 Å². The van der Waals surface area contributed by atoms with Gasteiger partial charge in [0, 0.05) is 28.6 Å². The number of aromatic carboxylic acids is 1. The minimum atomic E-state index is -1.15. The molecule has 0 unspecified atom stereocenters. The zero-order valence-electron chi connectivity index (χ0n) is 19.8. The molecule has 0 saturated heterocycles. The number of ether oxygens (including phenoxy) is 2. The maximum atomic E-state index is 13.1. The molecule has 0 atom stereocenters. The van der Waals surface area contributed by atoms with Crippen molar-refractivity contribution >= 4 is 23.4 Å². The van der Waals surface area contributed by atoms with E-state index in [1.807, 2.05) is 6.92 Å². The molecule has 0 aliphatic heterocycles. The normalized spacial score (nSPS) is 11.2. The highest BCUT2D eigenvalue weighted by Gasteiger charge is 2.25. The van der Waals surface area contributed by atoms with Crippen molar-refractivity contribution in [2.24, 2.45) is 0 Å². The fourth-order valence-electron chi connectivity index (χ4n) is 3.59. The summed E-state index contributed by atoms with van der Waals surface area (Å²) < 4.78 is 10.9. The van der Waals surface area contributed by atoms with Crippen LogP contribution in [0.5, 0.6) is 11.5 Å². The van der Waals surface area contributed by atoms with E-state index in [1.54, 1.807) is 30.3 Å². The summed E-state index contributed by atoms with van der Waals surface area (Å²) in [6.45, 7) is 6.18. The van der Waals surface area contributed by atoms with Gasteiger partial charge in [0.1, 0.15) is 17.1 Å². The summed E-state index contributed by atoms with van der Waals surface area (Å²) in [6.07, 6.45) is 6.42. The first-order valence-corrected chi connectivity index (χ1v) is 11.1. The predicted molar refractivity (Wildman–Crippen MR) is 132 cm³/mol. The van der Waals surface area contributed by atoms with Crippen molar-refractivity contribution in [2.45, 2.75) is 46.5 Å². The second-order valence-electron chi connectivity index (χ2n) is 8.10. The molecule has 0 aliphatic carbocycles. The molecule has 2 rings (SSSR count). The van der Waals surface area contributed by atoms with Gasteiger partial charge in [-0.3, -0.25) is 4.79 Å².